The van der Waals surface area contributed by atoms with E-state index in [1.165, 1.54) is 11.1 Å². The highest BCUT2D eigenvalue weighted by molar-refractivity contribution is 9.09. The predicted molar refractivity (Wildman–Crippen MR) is 63.1 cm³/mol. The Labute approximate surface area is 93.7 Å². The van der Waals surface area contributed by atoms with Crippen LogP contribution in [0.2, 0.25) is 0 Å². The second kappa shape index (κ2) is 4.74. The lowest BCUT2D eigenvalue weighted by atomic mass is 9.91. The van der Waals surface area contributed by atoms with Gasteiger partial charge >= 0.3 is 0 Å². The molecule has 1 nitrogen and oxygen atoms in total. The number of halogens is 1. The van der Waals surface area contributed by atoms with Gasteiger partial charge in [-0.25, -0.2) is 0 Å². The number of Topliss-reactive ketones (excluding diaryl/α,β-unsaturated/α-hetero) is 1. The Morgan fingerprint density at radius 3 is 2.64 bits per heavy atom. The van der Waals surface area contributed by atoms with E-state index >= 15 is 0 Å². The summed E-state index contributed by atoms with van der Waals surface area (Å²) in [5.41, 5.74) is 3.63. The number of ketones is 1. The summed E-state index contributed by atoms with van der Waals surface area (Å²) in [7, 11) is 0. The van der Waals surface area contributed by atoms with E-state index in [0.29, 0.717) is 5.33 Å². The Hall–Kier alpha value is -0.630. The molecule has 1 rings (SSSR count). The number of hydrogen-bond acceptors (Lipinski definition) is 1. The Bertz CT molecular complexity index is 344. The zero-order valence-electron chi connectivity index (χ0n) is 8.80. The number of rotatable bonds is 3. The van der Waals surface area contributed by atoms with Crippen LogP contribution in [0.3, 0.4) is 0 Å². The van der Waals surface area contributed by atoms with Crippen LogP contribution in [0, 0.1) is 13.8 Å². The first-order chi connectivity index (χ1) is 6.57. The first-order valence-electron chi connectivity index (χ1n) is 4.72. The van der Waals surface area contributed by atoms with E-state index in [2.05, 4.69) is 35.8 Å². The standard InChI is InChI=1S/C12H15BrO/c1-8-5-4-6-11(9(8)2)10(3)12(14)7-13/h4-6,10H,7H2,1-3H3. The van der Waals surface area contributed by atoms with Gasteiger partial charge in [0.25, 0.3) is 0 Å². The molecule has 1 atom stereocenters. The molecule has 0 saturated carbocycles. The summed E-state index contributed by atoms with van der Waals surface area (Å²) in [4.78, 5) is 11.5. The van der Waals surface area contributed by atoms with Crippen molar-refractivity contribution >= 4 is 21.7 Å². The van der Waals surface area contributed by atoms with Crippen LogP contribution in [0.25, 0.3) is 0 Å². The van der Waals surface area contributed by atoms with Crippen molar-refractivity contribution < 1.29 is 4.79 Å². The molecule has 0 bridgehead atoms. The third-order valence-corrected chi connectivity index (χ3v) is 3.28. The normalized spacial score (nSPS) is 12.6. The summed E-state index contributed by atoms with van der Waals surface area (Å²) in [6.45, 7) is 6.11. The largest absolute Gasteiger partial charge is 0.298 e. The highest BCUT2D eigenvalue weighted by Gasteiger charge is 2.15. The van der Waals surface area contributed by atoms with Crippen LogP contribution in [0.4, 0.5) is 0 Å². The summed E-state index contributed by atoms with van der Waals surface area (Å²) in [6, 6.07) is 6.12. The Morgan fingerprint density at radius 2 is 2.07 bits per heavy atom. The maximum atomic E-state index is 11.5. The maximum Gasteiger partial charge on any atom is 0.150 e. The minimum atomic E-state index is -0.00530. The fourth-order valence-electron chi connectivity index (χ4n) is 1.53. The molecule has 0 aliphatic carbocycles. The minimum absolute atomic E-state index is 0.00530. The van der Waals surface area contributed by atoms with Gasteiger partial charge in [-0.2, -0.15) is 0 Å². The molecule has 0 fully saturated rings. The number of hydrogen-bond donors (Lipinski definition) is 0. The van der Waals surface area contributed by atoms with E-state index in [9.17, 15) is 4.79 Å². The lowest BCUT2D eigenvalue weighted by Gasteiger charge is -2.13. The van der Waals surface area contributed by atoms with Gasteiger partial charge in [0.2, 0.25) is 0 Å². The predicted octanol–water partition coefficient (Wildman–Crippen LogP) is 3.37. The van der Waals surface area contributed by atoms with Gasteiger partial charge < -0.3 is 0 Å². The van der Waals surface area contributed by atoms with E-state index in [1.807, 2.05) is 19.1 Å². The molecule has 0 N–H and O–H groups in total. The van der Waals surface area contributed by atoms with Crippen molar-refractivity contribution in [1.29, 1.82) is 0 Å². The van der Waals surface area contributed by atoms with Crippen LogP contribution in [0.5, 0.6) is 0 Å². The van der Waals surface area contributed by atoms with Gasteiger partial charge in [0.1, 0.15) is 0 Å². The van der Waals surface area contributed by atoms with Gasteiger partial charge in [-0.15, -0.1) is 0 Å². The zero-order chi connectivity index (χ0) is 10.7. The van der Waals surface area contributed by atoms with E-state index in [1.54, 1.807) is 0 Å². The van der Waals surface area contributed by atoms with Crippen molar-refractivity contribution in [2.45, 2.75) is 26.7 Å². The molecule has 2 heteroatoms. The van der Waals surface area contributed by atoms with Crippen molar-refractivity contribution in [3.63, 3.8) is 0 Å². The third kappa shape index (κ3) is 2.24. The lowest BCUT2D eigenvalue weighted by Crippen LogP contribution is -2.11. The first-order valence-corrected chi connectivity index (χ1v) is 5.85. The molecule has 0 amide bonds. The molecule has 1 aromatic rings. The average molecular weight is 255 g/mol. The third-order valence-electron chi connectivity index (χ3n) is 2.73. The fourth-order valence-corrected chi connectivity index (χ4v) is 2.02. The second-order valence-corrected chi connectivity index (χ2v) is 4.17. The van der Waals surface area contributed by atoms with Crippen LogP contribution >= 0.6 is 15.9 Å². The Morgan fingerprint density at radius 1 is 1.43 bits per heavy atom. The summed E-state index contributed by atoms with van der Waals surface area (Å²) < 4.78 is 0. The van der Waals surface area contributed by atoms with E-state index in [0.717, 1.165) is 5.56 Å². The van der Waals surface area contributed by atoms with Gasteiger partial charge in [-0.05, 0) is 30.5 Å². The highest BCUT2D eigenvalue weighted by Crippen LogP contribution is 2.23. The second-order valence-electron chi connectivity index (χ2n) is 3.61. The summed E-state index contributed by atoms with van der Waals surface area (Å²) in [5.74, 6) is 0.230. The van der Waals surface area contributed by atoms with Gasteiger partial charge in [0.15, 0.2) is 5.78 Å². The summed E-state index contributed by atoms with van der Waals surface area (Å²) in [5, 5.41) is 0.432. The first kappa shape index (κ1) is 11.4. The highest BCUT2D eigenvalue weighted by atomic mass is 79.9. The minimum Gasteiger partial charge on any atom is -0.298 e. The fraction of sp³-hybridized carbons (Fsp3) is 0.417. The molecular formula is C12H15BrO. The number of alkyl halides is 1. The van der Waals surface area contributed by atoms with E-state index < -0.39 is 0 Å². The topological polar surface area (TPSA) is 17.1 Å². The Balaban J connectivity index is 3.07. The van der Waals surface area contributed by atoms with Crippen LogP contribution < -0.4 is 0 Å². The molecule has 76 valence electrons. The SMILES string of the molecule is Cc1cccc(C(C)C(=O)CBr)c1C. The molecule has 1 unspecified atom stereocenters. The average Bonchev–Trinajstić information content (AvgIpc) is 2.20. The number of carbonyl (C=O) groups excluding carboxylic acids is 1. The molecule has 0 saturated heterocycles. The van der Waals surface area contributed by atoms with Crippen molar-refractivity contribution in [3.05, 3.63) is 34.9 Å². The van der Waals surface area contributed by atoms with Gasteiger partial charge in [-0.3, -0.25) is 4.79 Å². The van der Waals surface area contributed by atoms with Crippen molar-refractivity contribution in [1.82, 2.24) is 0 Å². The van der Waals surface area contributed by atoms with Crippen LogP contribution in [-0.2, 0) is 4.79 Å². The molecule has 0 aliphatic heterocycles. The molecule has 0 aromatic heterocycles. The number of carbonyl (C=O) groups is 1. The van der Waals surface area contributed by atoms with Crippen molar-refractivity contribution in [2.75, 3.05) is 5.33 Å². The van der Waals surface area contributed by atoms with Crippen LogP contribution in [0.1, 0.15) is 29.5 Å². The smallest absolute Gasteiger partial charge is 0.150 e. The zero-order valence-corrected chi connectivity index (χ0v) is 10.4. The Kier molecular flexibility index (Phi) is 3.87. The molecule has 0 radical (unpaired) electrons. The summed E-state index contributed by atoms with van der Waals surface area (Å²) >= 11 is 3.21. The summed E-state index contributed by atoms with van der Waals surface area (Å²) in [6.07, 6.45) is 0. The van der Waals surface area contributed by atoms with Crippen LogP contribution in [-0.4, -0.2) is 11.1 Å². The maximum absolute atomic E-state index is 11.5. The van der Waals surface area contributed by atoms with Crippen molar-refractivity contribution in [2.24, 2.45) is 0 Å². The number of benzene rings is 1. The van der Waals surface area contributed by atoms with Gasteiger partial charge in [0, 0.05) is 5.92 Å². The molecule has 0 heterocycles. The molecule has 1 aromatic carbocycles. The van der Waals surface area contributed by atoms with Crippen LogP contribution in [0.15, 0.2) is 18.2 Å². The molecule has 0 spiro atoms. The lowest BCUT2D eigenvalue weighted by molar-refractivity contribution is -0.117. The molecule has 14 heavy (non-hydrogen) atoms. The number of aryl methyl sites for hydroxylation is 1. The quantitative estimate of drug-likeness (QED) is 0.757. The molecule has 0 aliphatic rings. The van der Waals surface area contributed by atoms with E-state index in [4.69, 9.17) is 0 Å². The van der Waals surface area contributed by atoms with Gasteiger partial charge in [0.05, 0.1) is 5.33 Å². The van der Waals surface area contributed by atoms with Gasteiger partial charge in [-0.1, -0.05) is 41.1 Å². The van der Waals surface area contributed by atoms with E-state index in [-0.39, 0.29) is 11.7 Å². The van der Waals surface area contributed by atoms with Crippen molar-refractivity contribution in [3.8, 4) is 0 Å². The monoisotopic (exact) mass is 254 g/mol. The molecular weight excluding hydrogens is 240 g/mol.